The molecule has 5 nitrogen and oxygen atoms in total. The third-order valence-corrected chi connectivity index (χ3v) is 4.78. The Morgan fingerprint density at radius 1 is 1.27 bits per heavy atom. The number of carbonyl (C=O) groups is 2. The summed E-state index contributed by atoms with van der Waals surface area (Å²) in [4.78, 5) is 30.2. The van der Waals surface area contributed by atoms with Crippen LogP contribution in [0.4, 0.5) is 0 Å². The van der Waals surface area contributed by atoms with Gasteiger partial charge in [-0.3, -0.25) is 9.59 Å². The van der Waals surface area contributed by atoms with E-state index in [0.717, 1.165) is 25.8 Å². The molecule has 2 aliphatic rings. The van der Waals surface area contributed by atoms with Crippen LogP contribution in [-0.4, -0.2) is 38.7 Å². The van der Waals surface area contributed by atoms with Gasteiger partial charge in [0.25, 0.3) is 5.91 Å². The van der Waals surface area contributed by atoms with Crippen molar-refractivity contribution in [3.05, 3.63) is 30.4 Å². The maximum atomic E-state index is 12.3. The highest BCUT2D eigenvalue weighted by atomic mass is 16.2. The lowest BCUT2D eigenvalue weighted by Crippen LogP contribution is -2.38. The zero-order valence-electron chi connectivity index (χ0n) is 13.1. The minimum absolute atomic E-state index is 0.0110. The number of likely N-dealkylation sites (tertiary alicyclic amines) is 1. The predicted octanol–water partition coefficient (Wildman–Crippen LogP) is 2.19. The van der Waals surface area contributed by atoms with E-state index in [1.807, 2.05) is 17.7 Å². The summed E-state index contributed by atoms with van der Waals surface area (Å²) in [7, 11) is 0. The van der Waals surface area contributed by atoms with Gasteiger partial charge in [-0.15, -0.1) is 0 Å². The van der Waals surface area contributed by atoms with E-state index >= 15 is 0 Å². The predicted molar refractivity (Wildman–Crippen MR) is 83.1 cm³/mol. The molecule has 3 rings (SSSR count). The summed E-state index contributed by atoms with van der Waals surface area (Å²) in [6.07, 6.45) is 13.0. The second kappa shape index (κ2) is 6.46. The van der Waals surface area contributed by atoms with E-state index in [1.165, 1.54) is 18.4 Å². The summed E-state index contributed by atoms with van der Waals surface area (Å²) < 4.78 is 2.00. The molecule has 2 unspecified atom stereocenters. The second-order valence-corrected chi connectivity index (χ2v) is 6.28. The SMILES string of the molecule is CC1C(=O)C(=O)N(CCCn2ccnc2)C1C1=CCCCC1. The van der Waals surface area contributed by atoms with Crippen molar-refractivity contribution in [2.24, 2.45) is 5.92 Å². The number of carbonyl (C=O) groups excluding carboxylic acids is 2. The highest BCUT2D eigenvalue weighted by molar-refractivity contribution is 6.39. The van der Waals surface area contributed by atoms with Crippen LogP contribution in [0.1, 0.15) is 39.0 Å². The van der Waals surface area contributed by atoms with Gasteiger partial charge < -0.3 is 9.47 Å². The van der Waals surface area contributed by atoms with E-state index in [4.69, 9.17) is 0 Å². The average molecular weight is 301 g/mol. The van der Waals surface area contributed by atoms with Crippen LogP contribution in [0.2, 0.25) is 0 Å². The van der Waals surface area contributed by atoms with E-state index in [2.05, 4.69) is 11.1 Å². The van der Waals surface area contributed by atoms with E-state index in [9.17, 15) is 9.59 Å². The van der Waals surface area contributed by atoms with E-state index in [0.29, 0.717) is 6.54 Å². The number of aromatic nitrogens is 2. The Labute approximate surface area is 131 Å². The lowest BCUT2D eigenvalue weighted by Gasteiger charge is -2.30. The van der Waals surface area contributed by atoms with Crippen molar-refractivity contribution in [2.45, 2.75) is 51.6 Å². The van der Waals surface area contributed by atoms with Crippen LogP contribution in [0.5, 0.6) is 0 Å². The van der Waals surface area contributed by atoms with E-state index < -0.39 is 0 Å². The quantitative estimate of drug-likeness (QED) is 0.619. The maximum Gasteiger partial charge on any atom is 0.290 e. The number of hydrogen-bond acceptors (Lipinski definition) is 3. The topological polar surface area (TPSA) is 55.2 Å². The molecule has 1 aliphatic carbocycles. The average Bonchev–Trinajstić information content (AvgIpc) is 3.12. The summed E-state index contributed by atoms with van der Waals surface area (Å²) >= 11 is 0. The third-order valence-electron chi connectivity index (χ3n) is 4.78. The molecule has 118 valence electrons. The number of ketones is 1. The van der Waals surface area contributed by atoms with Crippen molar-refractivity contribution in [3.63, 3.8) is 0 Å². The number of aryl methyl sites for hydroxylation is 1. The first-order chi connectivity index (χ1) is 10.7. The molecule has 0 radical (unpaired) electrons. The molecule has 0 spiro atoms. The molecule has 5 heteroatoms. The zero-order valence-corrected chi connectivity index (χ0v) is 13.1. The van der Waals surface area contributed by atoms with Crippen LogP contribution in [-0.2, 0) is 16.1 Å². The fourth-order valence-corrected chi connectivity index (χ4v) is 3.61. The minimum atomic E-state index is -0.297. The summed E-state index contributed by atoms with van der Waals surface area (Å²) in [6.45, 7) is 3.35. The van der Waals surface area contributed by atoms with Crippen LogP contribution < -0.4 is 0 Å². The summed E-state index contributed by atoms with van der Waals surface area (Å²) in [5, 5.41) is 0. The van der Waals surface area contributed by atoms with Crippen molar-refractivity contribution in [1.82, 2.24) is 14.5 Å². The monoisotopic (exact) mass is 301 g/mol. The molecule has 1 fully saturated rings. The molecular formula is C17H23N3O2. The Morgan fingerprint density at radius 3 is 2.82 bits per heavy atom. The number of rotatable bonds is 5. The molecule has 1 saturated heterocycles. The standard InChI is InChI=1S/C17H23N3O2/c1-13-15(14-6-3-2-4-7-14)20(17(22)16(13)21)10-5-9-19-11-8-18-12-19/h6,8,11-13,15H,2-5,7,9-10H2,1H3. The number of allylic oxidation sites excluding steroid dienone is 1. The molecule has 1 aliphatic heterocycles. The Morgan fingerprint density at radius 2 is 2.14 bits per heavy atom. The fourth-order valence-electron chi connectivity index (χ4n) is 3.61. The van der Waals surface area contributed by atoms with Crippen molar-refractivity contribution in [2.75, 3.05) is 6.54 Å². The molecule has 0 bridgehead atoms. The van der Waals surface area contributed by atoms with Gasteiger partial charge in [-0.2, -0.15) is 0 Å². The van der Waals surface area contributed by atoms with E-state index in [1.54, 1.807) is 17.4 Å². The Bertz CT molecular complexity index is 577. The van der Waals surface area contributed by atoms with Gasteiger partial charge >= 0.3 is 0 Å². The van der Waals surface area contributed by atoms with Crippen LogP contribution >= 0.6 is 0 Å². The maximum absolute atomic E-state index is 12.3. The molecular weight excluding hydrogens is 278 g/mol. The Hall–Kier alpha value is -1.91. The van der Waals surface area contributed by atoms with Gasteiger partial charge in [0.15, 0.2) is 0 Å². The van der Waals surface area contributed by atoms with Gasteiger partial charge in [0.2, 0.25) is 5.78 Å². The van der Waals surface area contributed by atoms with Crippen molar-refractivity contribution < 1.29 is 9.59 Å². The highest BCUT2D eigenvalue weighted by Gasteiger charge is 2.45. The summed E-state index contributed by atoms with van der Waals surface area (Å²) in [5.74, 6) is -0.723. The fraction of sp³-hybridized carbons (Fsp3) is 0.588. The van der Waals surface area contributed by atoms with Gasteiger partial charge in [0, 0.05) is 31.4 Å². The summed E-state index contributed by atoms with van der Waals surface area (Å²) in [6, 6.07) is -0.0110. The Balaban J connectivity index is 1.69. The first-order valence-electron chi connectivity index (χ1n) is 8.18. The molecule has 0 N–H and O–H groups in total. The van der Waals surface area contributed by atoms with Gasteiger partial charge in [-0.25, -0.2) is 4.98 Å². The first-order valence-corrected chi connectivity index (χ1v) is 8.18. The largest absolute Gasteiger partial charge is 0.337 e. The van der Waals surface area contributed by atoms with Gasteiger partial charge in [-0.1, -0.05) is 18.6 Å². The molecule has 2 heterocycles. The second-order valence-electron chi connectivity index (χ2n) is 6.28. The zero-order chi connectivity index (χ0) is 15.5. The molecule has 1 amide bonds. The molecule has 0 aromatic carbocycles. The van der Waals surface area contributed by atoms with Crippen LogP contribution in [0.15, 0.2) is 30.4 Å². The molecule has 1 aromatic heterocycles. The van der Waals surface area contributed by atoms with Gasteiger partial charge in [-0.05, 0) is 32.1 Å². The number of imidazole rings is 1. The minimum Gasteiger partial charge on any atom is -0.337 e. The lowest BCUT2D eigenvalue weighted by atomic mass is 9.87. The highest BCUT2D eigenvalue weighted by Crippen LogP contribution is 2.33. The number of hydrogen-bond donors (Lipinski definition) is 0. The number of nitrogens with zero attached hydrogens (tertiary/aromatic N) is 3. The van der Waals surface area contributed by atoms with Crippen LogP contribution in [0.25, 0.3) is 0 Å². The van der Waals surface area contributed by atoms with Crippen LogP contribution in [0, 0.1) is 5.92 Å². The van der Waals surface area contributed by atoms with Crippen molar-refractivity contribution in [3.8, 4) is 0 Å². The number of amides is 1. The third kappa shape index (κ3) is 2.85. The van der Waals surface area contributed by atoms with Crippen molar-refractivity contribution >= 4 is 11.7 Å². The smallest absolute Gasteiger partial charge is 0.290 e. The lowest BCUT2D eigenvalue weighted by molar-refractivity contribution is -0.140. The van der Waals surface area contributed by atoms with E-state index in [-0.39, 0.29) is 23.7 Å². The van der Waals surface area contributed by atoms with Gasteiger partial charge in [0.1, 0.15) is 0 Å². The Kier molecular flexibility index (Phi) is 4.41. The molecule has 22 heavy (non-hydrogen) atoms. The number of Topliss-reactive ketones (excluding diaryl/α,β-unsaturated/α-hetero) is 1. The first kappa shape index (κ1) is 15.0. The molecule has 2 atom stereocenters. The van der Waals surface area contributed by atoms with Gasteiger partial charge in [0.05, 0.1) is 12.4 Å². The van der Waals surface area contributed by atoms with Crippen LogP contribution in [0.3, 0.4) is 0 Å². The molecule has 1 aromatic rings. The molecule has 0 saturated carbocycles. The normalized spacial score (nSPS) is 25.7. The van der Waals surface area contributed by atoms with Crippen molar-refractivity contribution in [1.29, 1.82) is 0 Å². The summed E-state index contributed by atoms with van der Waals surface area (Å²) in [5.41, 5.74) is 1.29.